The Morgan fingerprint density at radius 2 is 1.89 bits per heavy atom. The maximum Gasteiger partial charge on any atom is 0.251 e. The third-order valence-corrected chi connectivity index (χ3v) is 4.55. The topological polar surface area (TPSA) is 68.0 Å². The largest absolute Gasteiger partial charge is 0.351 e. The van der Waals surface area contributed by atoms with Crippen LogP contribution in [0.5, 0.6) is 0 Å². The number of fused-ring (bicyclic) bond motifs is 1. The molecule has 0 bridgehead atoms. The molecule has 0 aliphatic heterocycles. The van der Waals surface area contributed by atoms with Crippen molar-refractivity contribution >= 4 is 16.9 Å². The fourth-order valence-electron chi connectivity index (χ4n) is 3.04. The van der Waals surface area contributed by atoms with Gasteiger partial charge in [-0.1, -0.05) is 0 Å². The van der Waals surface area contributed by atoms with Crippen molar-refractivity contribution in [2.45, 2.75) is 0 Å². The second-order valence-electron chi connectivity index (χ2n) is 6.84. The van der Waals surface area contributed by atoms with Crippen LogP contribution in [-0.2, 0) is 0 Å². The molecule has 0 saturated carbocycles. The molecule has 0 atom stereocenters. The molecule has 0 spiro atoms. The number of carbonyl (C=O) groups is 1. The molecular weight excluding hydrogens is 352 g/mol. The summed E-state index contributed by atoms with van der Waals surface area (Å²) in [5, 5.41) is 7.17. The van der Waals surface area contributed by atoms with Gasteiger partial charge in [0.05, 0.1) is 16.7 Å². The van der Waals surface area contributed by atoms with Gasteiger partial charge in [0.1, 0.15) is 6.33 Å². The minimum Gasteiger partial charge on any atom is -0.351 e. The van der Waals surface area contributed by atoms with Crippen LogP contribution in [0.15, 0.2) is 67.3 Å². The van der Waals surface area contributed by atoms with Crippen LogP contribution in [0.4, 0.5) is 0 Å². The molecule has 7 nitrogen and oxygen atoms in total. The van der Waals surface area contributed by atoms with Gasteiger partial charge in [0, 0.05) is 36.7 Å². The molecule has 0 aliphatic rings. The summed E-state index contributed by atoms with van der Waals surface area (Å²) in [6.45, 7) is 1.41. The number of amides is 1. The first-order valence-electron chi connectivity index (χ1n) is 9.12. The quantitative estimate of drug-likeness (QED) is 0.563. The number of nitrogens with zero attached hydrogens (tertiary/aromatic N) is 5. The monoisotopic (exact) mass is 374 g/mol. The van der Waals surface area contributed by atoms with Gasteiger partial charge in [-0.25, -0.2) is 9.67 Å². The first-order chi connectivity index (χ1) is 13.6. The Bertz CT molecular complexity index is 1080. The van der Waals surface area contributed by atoms with Gasteiger partial charge in [-0.2, -0.15) is 5.10 Å². The molecule has 0 radical (unpaired) electrons. The summed E-state index contributed by atoms with van der Waals surface area (Å²) in [5.74, 6) is -0.0816. The summed E-state index contributed by atoms with van der Waals surface area (Å²) in [6, 6.07) is 15.6. The van der Waals surface area contributed by atoms with E-state index in [1.54, 1.807) is 12.5 Å². The summed E-state index contributed by atoms with van der Waals surface area (Å²) in [6.07, 6.45) is 5.44. The van der Waals surface area contributed by atoms with E-state index in [4.69, 9.17) is 0 Å². The molecule has 142 valence electrons. The Morgan fingerprint density at radius 3 is 2.61 bits per heavy atom. The predicted octanol–water partition coefficient (Wildman–Crippen LogP) is 2.50. The zero-order valence-corrected chi connectivity index (χ0v) is 15.9. The lowest BCUT2D eigenvalue weighted by molar-refractivity contribution is 0.0951. The third-order valence-electron chi connectivity index (χ3n) is 4.55. The van der Waals surface area contributed by atoms with Crippen molar-refractivity contribution in [3.63, 3.8) is 0 Å². The van der Waals surface area contributed by atoms with E-state index in [-0.39, 0.29) is 5.91 Å². The Balaban J connectivity index is 1.55. The number of imidazole rings is 1. The molecule has 1 amide bonds. The van der Waals surface area contributed by atoms with Crippen LogP contribution in [0.3, 0.4) is 0 Å². The fourth-order valence-corrected chi connectivity index (χ4v) is 3.04. The van der Waals surface area contributed by atoms with Crippen LogP contribution in [0.2, 0.25) is 0 Å². The van der Waals surface area contributed by atoms with E-state index >= 15 is 0 Å². The zero-order valence-electron chi connectivity index (χ0n) is 15.9. The second-order valence-corrected chi connectivity index (χ2v) is 6.84. The Morgan fingerprint density at radius 1 is 1.11 bits per heavy atom. The van der Waals surface area contributed by atoms with E-state index in [2.05, 4.69) is 15.4 Å². The number of aromatic nitrogens is 4. The van der Waals surface area contributed by atoms with Crippen LogP contribution >= 0.6 is 0 Å². The van der Waals surface area contributed by atoms with Crippen molar-refractivity contribution in [3.05, 3.63) is 72.8 Å². The molecule has 4 rings (SSSR count). The Kier molecular flexibility index (Phi) is 4.90. The van der Waals surface area contributed by atoms with Crippen molar-refractivity contribution in [1.82, 2.24) is 29.5 Å². The van der Waals surface area contributed by atoms with E-state index in [0.29, 0.717) is 12.1 Å². The summed E-state index contributed by atoms with van der Waals surface area (Å²) < 4.78 is 3.83. The second kappa shape index (κ2) is 7.66. The first kappa shape index (κ1) is 17.9. The van der Waals surface area contributed by atoms with E-state index in [1.807, 2.05) is 83.0 Å². The van der Waals surface area contributed by atoms with Crippen molar-refractivity contribution in [1.29, 1.82) is 0 Å². The highest BCUT2D eigenvalue weighted by Gasteiger charge is 2.10. The van der Waals surface area contributed by atoms with Gasteiger partial charge in [-0.05, 0) is 62.6 Å². The summed E-state index contributed by atoms with van der Waals surface area (Å²) in [4.78, 5) is 18.8. The average molecular weight is 374 g/mol. The maximum absolute atomic E-state index is 12.3. The number of nitrogens with one attached hydrogen (secondary N) is 1. The molecule has 2 heterocycles. The van der Waals surface area contributed by atoms with E-state index in [0.717, 1.165) is 29.0 Å². The van der Waals surface area contributed by atoms with E-state index < -0.39 is 0 Å². The van der Waals surface area contributed by atoms with Gasteiger partial charge < -0.3 is 10.2 Å². The van der Waals surface area contributed by atoms with Gasteiger partial charge >= 0.3 is 0 Å². The number of likely N-dealkylation sites (N-methyl/N-ethyl adjacent to an activating group) is 1. The van der Waals surface area contributed by atoms with E-state index in [9.17, 15) is 4.79 Å². The normalized spacial score (nSPS) is 11.2. The molecule has 1 N–H and O–H groups in total. The molecule has 2 aromatic carbocycles. The molecule has 2 aromatic heterocycles. The van der Waals surface area contributed by atoms with Gasteiger partial charge in [-0.15, -0.1) is 0 Å². The van der Waals surface area contributed by atoms with Crippen LogP contribution in [-0.4, -0.2) is 57.3 Å². The third kappa shape index (κ3) is 3.65. The van der Waals surface area contributed by atoms with Crippen molar-refractivity contribution in [3.8, 4) is 11.4 Å². The molecule has 28 heavy (non-hydrogen) atoms. The molecule has 0 fully saturated rings. The molecule has 7 heteroatoms. The number of benzene rings is 2. The number of hydrogen-bond donors (Lipinski definition) is 1. The van der Waals surface area contributed by atoms with Crippen LogP contribution in [0.1, 0.15) is 10.4 Å². The minimum absolute atomic E-state index is 0.0816. The average Bonchev–Trinajstić information content (AvgIpc) is 3.37. The van der Waals surface area contributed by atoms with Gasteiger partial charge in [-0.3, -0.25) is 9.36 Å². The maximum atomic E-state index is 12.3. The Hall–Kier alpha value is -3.45. The standard InChI is InChI=1S/C21H22N6O/c1-25(2)13-11-22-21(28)16-4-9-20-19(14-16)23-15-26(20)17-5-7-18(8-6-17)27-12-3-10-24-27/h3-10,12,14-15H,11,13H2,1-2H3,(H,22,28). The first-order valence-corrected chi connectivity index (χ1v) is 9.12. The van der Waals surface area contributed by atoms with Gasteiger partial charge in [0.25, 0.3) is 5.91 Å². The highest BCUT2D eigenvalue weighted by Crippen LogP contribution is 2.20. The lowest BCUT2D eigenvalue weighted by Crippen LogP contribution is -2.31. The predicted molar refractivity (Wildman–Crippen MR) is 109 cm³/mol. The summed E-state index contributed by atoms with van der Waals surface area (Å²) >= 11 is 0. The van der Waals surface area contributed by atoms with E-state index in [1.165, 1.54) is 0 Å². The Labute approximate surface area is 163 Å². The number of hydrogen-bond acceptors (Lipinski definition) is 4. The number of carbonyl (C=O) groups excluding carboxylic acids is 1. The van der Waals surface area contributed by atoms with Gasteiger partial charge in [0.15, 0.2) is 0 Å². The fraction of sp³-hybridized carbons (Fsp3) is 0.190. The van der Waals surface area contributed by atoms with Crippen LogP contribution in [0, 0.1) is 0 Å². The van der Waals surface area contributed by atoms with Crippen molar-refractivity contribution in [2.75, 3.05) is 27.2 Å². The highest BCUT2D eigenvalue weighted by molar-refractivity contribution is 5.97. The minimum atomic E-state index is -0.0816. The smallest absolute Gasteiger partial charge is 0.251 e. The van der Waals surface area contributed by atoms with Crippen molar-refractivity contribution < 1.29 is 4.79 Å². The lowest BCUT2D eigenvalue weighted by Gasteiger charge is -2.10. The number of rotatable bonds is 6. The SMILES string of the molecule is CN(C)CCNC(=O)c1ccc2c(c1)ncn2-c1ccc(-n2cccn2)cc1. The summed E-state index contributed by atoms with van der Waals surface area (Å²) in [7, 11) is 3.96. The summed E-state index contributed by atoms with van der Waals surface area (Å²) in [5.41, 5.74) is 4.36. The van der Waals surface area contributed by atoms with Gasteiger partial charge in [0.2, 0.25) is 0 Å². The molecule has 0 saturated heterocycles. The molecule has 0 aliphatic carbocycles. The molecule has 4 aromatic rings. The van der Waals surface area contributed by atoms with Crippen LogP contribution < -0.4 is 5.32 Å². The zero-order chi connectivity index (χ0) is 19.5. The molecular formula is C21H22N6O. The van der Waals surface area contributed by atoms with Crippen LogP contribution in [0.25, 0.3) is 22.4 Å². The highest BCUT2D eigenvalue weighted by atomic mass is 16.1. The van der Waals surface area contributed by atoms with Crippen molar-refractivity contribution in [2.24, 2.45) is 0 Å². The molecule has 0 unspecified atom stereocenters. The lowest BCUT2D eigenvalue weighted by atomic mass is 10.2.